The second-order valence-electron chi connectivity index (χ2n) is 7.04. The van der Waals surface area contributed by atoms with E-state index in [1.165, 1.54) is 38.5 Å². The van der Waals surface area contributed by atoms with E-state index in [2.05, 4.69) is 31.0 Å². The van der Waals surface area contributed by atoms with Crippen LogP contribution in [0.2, 0.25) is 0 Å². The van der Waals surface area contributed by atoms with E-state index in [9.17, 15) is 4.79 Å². The number of rotatable bonds is 3. The van der Waals surface area contributed by atoms with E-state index in [4.69, 9.17) is 4.42 Å². The van der Waals surface area contributed by atoms with Crippen molar-refractivity contribution in [1.82, 2.24) is 4.90 Å². The smallest absolute Gasteiger partial charge is 0.336 e. The van der Waals surface area contributed by atoms with Crippen LogP contribution in [0.4, 0.5) is 0 Å². The molecule has 0 atom stereocenters. The van der Waals surface area contributed by atoms with E-state index < -0.39 is 0 Å². The van der Waals surface area contributed by atoms with Crippen molar-refractivity contribution in [1.29, 1.82) is 0 Å². The number of benzene rings is 1. The molecule has 2 aromatic rings. The summed E-state index contributed by atoms with van der Waals surface area (Å²) in [5.41, 5.74) is 3.83. The van der Waals surface area contributed by atoms with Crippen molar-refractivity contribution in [3.05, 3.63) is 45.3 Å². The van der Waals surface area contributed by atoms with Crippen LogP contribution in [0.3, 0.4) is 0 Å². The van der Waals surface area contributed by atoms with Crippen molar-refractivity contribution in [3.8, 4) is 0 Å². The largest absolute Gasteiger partial charge is 0.422 e. The molecule has 1 aliphatic carbocycles. The number of hydrogen-bond acceptors (Lipinski definition) is 3. The normalized spacial score (nSPS) is 16.9. The maximum Gasteiger partial charge on any atom is 0.336 e. The van der Waals surface area contributed by atoms with Gasteiger partial charge in [-0.2, -0.15) is 0 Å². The number of hydrogen-bond donors (Lipinski definition) is 0. The van der Waals surface area contributed by atoms with Gasteiger partial charge in [0.1, 0.15) is 5.58 Å². The Hall–Kier alpha value is -1.61. The van der Waals surface area contributed by atoms with Crippen molar-refractivity contribution in [2.45, 2.75) is 65.0 Å². The fourth-order valence-corrected chi connectivity index (χ4v) is 3.75. The second-order valence-corrected chi connectivity index (χ2v) is 7.04. The standard InChI is InChI=1S/C20H27NO2/c1-14-10-11-18-16(12-19(22)23-20(18)15(14)2)13-21(3)17-8-6-4-5-7-9-17/h10-12,17H,4-9,13H2,1-3H3. The first-order valence-electron chi connectivity index (χ1n) is 8.79. The molecule has 1 heterocycles. The second kappa shape index (κ2) is 6.88. The van der Waals surface area contributed by atoms with Gasteiger partial charge in [-0.1, -0.05) is 37.8 Å². The van der Waals surface area contributed by atoms with Gasteiger partial charge in [-0.25, -0.2) is 4.79 Å². The summed E-state index contributed by atoms with van der Waals surface area (Å²) >= 11 is 0. The van der Waals surface area contributed by atoms with Crippen LogP contribution in [0.15, 0.2) is 27.4 Å². The van der Waals surface area contributed by atoms with Gasteiger partial charge >= 0.3 is 5.63 Å². The summed E-state index contributed by atoms with van der Waals surface area (Å²) in [6.45, 7) is 4.90. The van der Waals surface area contributed by atoms with Gasteiger partial charge in [-0.3, -0.25) is 4.90 Å². The topological polar surface area (TPSA) is 33.5 Å². The van der Waals surface area contributed by atoms with Gasteiger partial charge < -0.3 is 4.42 Å². The SMILES string of the molecule is Cc1ccc2c(CN(C)C3CCCCCC3)cc(=O)oc2c1C. The van der Waals surface area contributed by atoms with Crippen molar-refractivity contribution < 1.29 is 4.42 Å². The summed E-state index contributed by atoms with van der Waals surface area (Å²) in [5.74, 6) is 0. The van der Waals surface area contributed by atoms with Crippen molar-refractivity contribution in [2.75, 3.05) is 7.05 Å². The quantitative estimate of drug-likeness (QED) is 0.615. The molecule has 0 saturated heterocycles. The predicted octanol–water partition coefficient (Wildman–Crippen LogP) is 4.56. The molecule has 1 aromatic heterocycles. The Morgan fingerprint density at radius 1 is 1.13 bits per heavy atom. The van der Waals surface area contributed by atoms with E-state index in [1.807, 2.05) is 6.92 Å². The minimum atomic E-state index is -0.240. The average molecular weight is 313 g/mol. The molecule has 124 valence electrons. The minimum Gasteiger partial charge on any atom is -0.422 e. The van der Waals surface area contributed by atoms with Gasteiger partial charge in [0.05, 0.1) is 0 Å². The Morgan fingerprint density at radius 2 is 1.83 bits per heavy atom. The number of nitrogens with zero attached hydrogens (tertiary/aromatic N) is 1. The molecule has 0 aliphatic heterocycles. The molecule has 0 amide bonds. The van der Waals surface area contributed by atoms with Crippen LogP contribution in [0.25, 0.3) is 11.0 Å². The van der Waals surface area contributed by atoms with Crippen molar-refractivity contribution >= 4 is 11.0 Å². The first-order valence-corrected chi connectivity index (χ1v) is 8.79. The third-order valence-electron chi connectivity index (χ3n) is 5.39. The Bertz CT molecular complexity index is 739. The van der Waals surface area contributed by atoms with Gasteiger partial charge in [0, 0.05) is 24.0 Å². The Kier molecular flexibility index (Phi) is 4.86. The summed E-state index contributed by atoms with van der Waals surface area (Å²) in [5, 5.41) is 1.08. The highest BCUT2D eigenvalue weighted by Crippen LogP contribution is 2.26. The lowest BCUT2D eigenvalue weighted by Gasteiger charge is -2.27. The molecular formula is C20H27NO2. The number of aryl methyl sites for hydroxylation is 2. The maximum absolute atomic E-state index is 12.0. The predicted molar refractivity (Wildman–Crippen MR) is 94.9 cm³/mol. The third-order valence-corrected chi connectivity index (χ3v) is 5.39. The first kappa shape index (κ1) is 16.3. The van der Waals surface area contributed by atoms with Crippen LogP contribution in [-0.2, 0) is 6.54 Å². The van der Waals surface area contributed by atoms with Crippen LogP contribution < -0.4 is 5.63 Å². The Balaban J connectivity index is 1.93. The van der Waals surface area contributed by atoms with Crippen molar-refractivity contribution in [2.24, 2.45) is 0 Å². The van der Waals surface area contributed by atoms with Crippen LogP contribution in [0.5, 0.6) is 0 Å². The monoisotopic (exact) mass is 313 g/mol. The Morgan fingerprint density at radius 3 is 2.52 bits per heavy atom. The fraction of sp³-hybridized carbons (Fsp3) is 0.550. The summed E-state index contributed by atoms with van der Waals surface area (Å²) in [6, 6.07) is 6.51. The first-order chi connectivity index (χ1) is 11.1. The van der Waals surface area contributed by atoms with Gasteiger partial charge in [0.25, 0.3) is 0 Å². The zero-order chi connectivity index (χ0) is 16.4. The van der Waals surface area contributed by atoms with Crippen LogP contribution in [-0.4, -0.2) is 18.0 Å². The molecule has 1 saturated carbocycles. The zero-order valence-electron chi connectivity index (χ0n) is 14.5. The molecular weight excluding hydrogens is 286 g/mol. The van der Waals surface area contributed by atoms with E-state index in [1.54, 1.807) is 6.07 Å². The molecule has 1 aromatic carbocycles. The average Bonchev–Trinajstić information content (AvgIpc) is 2.80. The third kappa shape index (κ3) is 3.50. The molecule has 0 bridgehead atoms. The van der Waals surface area contributed by atoms with Crippen LogP contribution in [0.1, 0.15) is 55.2 Å². The van der Waals surface area contributed by atoms with Crippen molar-refractivity contribution in [3.63, 3.8) is 0 Å². The molecule has 0 N–H and O–H groups in total. The summed E-state index contributed by atoms with van der Waals surface area (Å²) in [4.78, 5) is 14.4. The lowest BCUT2D eigenvalue weighted by molar-refractivity contribution is 0.213. The van der Waals surface area contributed by atoms with Crippen LogP contribution in [0, 0.1) is 13.8 Å². The molecule has 1 aliphatic rings. The molecule has 3 rings (SSSR count). The molecule has 23 heavy (non-hydrogen) atoms. The molecule has 0 spiro atoms. The van der Waals surface area contributed by atoms with Gasteiger partial charge in [0.15, 0.2) is 0 Å². The number of fused-ring (bicyclic) bond motifs is 1. The molecule has 3 heteroatoms. The van der Waals surface area contributed by atoms with Gasteiger partial charge in [-0.15, -0.1) is 0 Å². The van der Waals surface area contributed by atoms with Gasteiger partial charge in [0.2, 0.25) is 0 Å². The highest BCUT2D eigenvalue weighted by molar-refractivity contribution is 5.83. The Labute approximate surface area is 138 Å². The zero-order valence-corrected chi connectivity index (χ0v) is 14.5. The fourth-order valence-electron chi connectivity index (χ4n) is 3.75. The maximum atomic E-state index is 12.0. The summed E-state index contributed by atoms with van der Waals surface area (Å²) in [6.07, 6.45) is 7.92. The highest BCUT2D eigenvalue weighted by atomic mass is 16.4. The highest BCUT2D eigenvalue weighted by Gasteiger charge is 2.18. The molecule has 0 radical (unpaired) electrons. The molecule has 1 fully saturated rings. The van der Waals surface area contributed by atoms with Gasteiger partial charge in [-0.05, 0) is 50.4 Å². The summed E-state index contributed by atoms with van der Waals surface area (Å²) < 4.78 is 5.49. The van der Waals surface area contributed by atoms with Crippen LogP contribution >= 0.6 is 0 Å². The molecule has 0 unspecified atom stereocenters. The molecule has 3 nitrogen and oxygen atoms in total. The van der Waals surface area contributed by atoms with E-state index in [0.29, 0.717) is 6.04 Å². The summed E-state index contributed by atoms with van der Waals surface area (Å²) in [7, 11) is 2.19. The van der Waals surface area contributed by atoms with E-state index in [0.717, 1.165) is 34.2 Å². The van der Waals surface area contributed by atoms with E-state index in [-0.39, 0.29) is 5.63 Å². The minimum absolute atomic E-state index is 0.240. The lowest BCUT2D eigenvalue weighted by atomic mass is 10.0. The lowest BCUT2D eigenvalue weighted by Crippen LogP contribution is -2.31. The van der Waals surface area contributed by atoms with E-state index >= 15 is 0 Å².